The number of morpholine rings is 1. The number of hydrogen-bond donors (Lipinski definition) is 2. The Morgan fingerprint density at radius 1 is 1.59 bits per heavy atom. The van der Waals surface area contributed by atoms with Crippen molar-refractivity contribution >= 4 is 39.1 Å². The number of halogens is 2. The van der Waals surface area contributed by atoms with Crippen LogP contribution < -0.4 is 10.6 Å². The van der Waals surface area contributed by atoms with Gasteiger partial charge in [0.15, 0.2) is 0 Å². The lowest BCUT2D eigenvalue weighted by atomic mass is 10.2. The molecule has 2 N–H and O–H groups in total. The molecule has 1 heterocycles. The lowest BCUT2D eigenvalue weighted by Gasteiger charge is -2.22. The predicted molar refractivity (Wildman–Crippen MR) is 70.4 cm³/mol. The third kappa shape index (κ3) is 3.42. The molecule has 0 aliphatic carbocycles. The number of amides is 1. The minimum absolute atomic E-state index is 0.147. The number of benzene rings is 1. The van der Waals surface area contributed by atoms with E-state index in [9.17, 15) is 4.79 Å². The molecule has 1 aromatic rings. The number of carbonyl (C=O) groups is 1. The zero-order chi connectivity index (χ0) is 12.3. The van der Waals surface area contributed by atoms with Crippen molar-refractivity contribution in [2.75, 3.05) is 25.0 Å². The van der Waals surface area contributed by atoms with E-state index in [-0.39, 0.29) is 5.91 Å². The number of ether oxygens (including phenoxy) is 1. The van der Waals surface area contributed by atoms with Gasteiger partial charge in [-0.15, -0.1) is 0 Å². The van der Waals surface area contributed by atoms with Crippen LogP contribution in [0.2, 0.25) is 5.02 Å². The Morgan fingerprint density at radius 2 is 2.41 bits per heavy atom. The highest BCUT2D eigenvalue weighted by molar-refractivity contribution is 9.10. The second-order valence-electron chi connectivity index (χ2n) is 3.68. The van der Waals surface area contributed by atoms with Gasteiger partial charge in [-0.25, -0.2) is 0 Å². The van der Waals surface area contributed by atoms with Crippen LogP contribution >= 0.6 is 27.5 Å². The second-order valence-corrected chi connectivity index (χ2v) is 4.94. The van der Waals surface area contributed by atoms with E-state index in [2.05, 4.69) is 26.6 Å². The molecule has 1 aliphatic rings. The quantitative estimate of drug-likeness (QED) is 0.877. The van der Waals surface area contributed by atoms with Gasteiger partial charge in [0.1, 0.15) is 6.10 Å². The molecule has 1 fully saturated rings. The summed E-state index contributed by atoms with van der Waals surface area (Å²) in [5.74, 6) is -0.147. The Kier molecular flexibility index (Phi) is 4.39. The highest BCUT2D eigenvalue weighted by Gasteiger charge is 2.21. The van der Waals surface area contributed by atoms with Gasteiger partial charge in [0.2, 0.25) is 0 Å². The minimum atomic E-state index is -0.432. The van der Waals surface area contributed by atoms with Gasteiger partial charge in [0, 0.05) is 23.2 Å². The molecular formula is C11H12BrClN2O2. The minimum Gasteiger partial charge on any atom is -0.366 e. The molecule has 1 unspecified atom stereocenters. The fraction of sp³-hybridized carbons (Fsp3) is 0.364. The summed E-state index contributed by atoms with van der Waals surface area (Å²) in [6.07, 6.45) is -0.432. The fourth-order valence-corrected chi connectivity index (χ4v) is 2.03. The van der Waals surface area contributed by atoms with E-state index < -0.39 is 6.10 Å². The topological polar surface area (TPSA) is 50.4 Å². The Hall–Kier alpha value is -0.620. The van der Waals surface area contributed by atoms with Crippen LogP contribution in [0.1, 0.15) is 0 Å². The Balaban J connectivity index is 1.99. The van der Waals surface area contributed by atoms with Crippen molar-refractivity contribution in [3.8, 4) is 0 Å². The maximum Gasteiger partial charge on any atom is 0.254 e. The van der Waals surface area contributed by atoms with Crippen LogP contribution in [0.15, 0.2) is 22.7 Å². The predicted octanol–water partition coefficient (Wildman–Crippen LogP) is 2.03. The maximum absolute atomic E-state index is 11.8. The summed E-state index contributed by atoms with van der Waals surface area (Å²) in [6.45, 7) is 1.89. The molecule has 1 aliphatic heterocycles. The summed E-state index contributed by atoms with van der Waals surface area (Å²) in [6, 6.07) is 5.24. The number of carbonyl (C=O) groups excluding carboxylic acids is 1. The van der Waals surface area contributed by atoms with Crippen LogP contribution in [-0.4, -0.2) is 31.7 Å². The van der Waals surface area contributed by atoms with Gasteiger partial charge in [-0.2, -0.15) is 0 Å². The highest BCUT2D eigenvalue weighted by Crippen LogP contribution is 2.25. The van der Waals surface area contributed by atoms with Gasteiger partial charge >= 0.3 is 0 Å². The molecule has 92 valence electrons. The van der Waals surface area contributed by atoms with E-state index in [1.807, 2.05) is 0 Å². The summed E-state index contributed by atoms with van der Waals surface area (Å²) < 4.78 is 6.10. The van der Waals surface area contributed by atoms with Crippen molar-refractivity contribution in [3.05, 3.63) is 27.7 Å². The number of rotatable bonds is 2. The van der Waals surface area contributed by atoms with Crippen LogP contribution in [0.25, 0.3) is 0 Å². The molecule has 6 heteroatoms. The number of hydrogen-bond acceptors (Lipinski definition) is 3. The molecule has 0 saturated carbocycles. The van der Waals surface area contributed by atoms with Crippen molar-refractivity contribution in [3.63, 3.8) is 0 Å². The van der Waals surface area contributed by atoms with Crippen molar-refractivity contribution in [2.24, 2.45) is 0 Å². The van der Waals surface area contributed by atoms with Crippen molar-refractivity contribution in [1.82, 2.24) is 5.32 Å². The van der Waals surface area contributed by atoms with E-state index in [0.717, 1.165) is 11.0 Å². The smallest absolute Gasteiger partial charge is 0.254 e. The second kappa shape index (κ2) is 5.82. The molecule has 0 spiro atoms. The Bertz CT molecular complexity index is 422. The Morgan fingerprint density at radius 3 is 3.06 bits per heavy atom. The third-order valence-electron chi connectivity index (χ3n) is 2.41. The van der Waals surface area contributed by atoms with Gasteiger partial charge in [0.25, 0.3) is 5.91 Å². The lowest BCUT2D eigenvalue weighted by Crippen LogP contribution is -2.45. The number of nitrogens with one attached hydrogen (secondary N) is 2. The monoisotopic (exact) mass is 318 g/mol. The molecule has 1 saturated heterocycles. The first-order chi connectivity index (χ1) is 8.16. The molecule has 1 amide bonds. The van der Waals surface area contributed by atoms with Crippen LogP contribution in [0.5, 0.6) is 0 Å². The average molecular weight is 320 g/mol. The normalized spacial score (nSPS) is 20.0. The van der Waals surface area contributed by atoms with Crippen LogP contribution in [-0.2, 0) is 9.53 Å². The van der Waals surface area contributed by atoms with Crippen molar-refractivity contribution < 1.29 is 9.53 Å². The van der Waals surface area contributed by atoms with E-state index >= 15 is 0 Å². The molecule has 4 nitrogen and oxygen atoms in total. The first kappa shape index (κ1) is 12.8. The van der Waals surface area contributed by atoms with Gasteiger partial charge in [-0.3, -0.25) is 4.79 Å². The Labute approximate surface area is 113 Å². The number of anilines is 1. The summed E-state index contributed by atoms with van der Waals surface area (Å²) in [5.41, 5.74) is 0.695. The summed E-state index contributed by atoms with van der Waals surface area (Å²) in [4.78, 5) is 11.8. The first-order valence-corrected chi connectivity index (χ1v) is 6.42. The van der Waals surface area contributed by atoms with E-state index in [1.165, 1.54) is 0 Å². The summed E-state index contributed by atoms with van der Waals surface area (Å²) in [5, 5.41) is 6.50. The molecule has 1 atom stereocenters. The first-order valence-electron chi connectivity index (χ1n) is 5.25. The van der Waals surface area contributed by atoms with Crippen LogP contribution in [0.3, 0.4) is 0 Å². The molecule has 17 heavy (non-hydrogen) atoms. The lowest BCUT2D eigenvalue weighted by molar-refractivity contribution is -0.128. The van der Waals surface area contributed by atoms with Gasteiger partial charge < -0.3 is 15.4 Å². The third-order valence-corrected chi connectivity index (χ3v) is 3.62. The van der Waals surface area contributed by atoms with Gasteiger partial charge in [0.05, 0.1) is 11.6 Å². The van der Waals surface area contributed by atoms with Crippen LogP contribution in [0, 0.1) is 0 Å². The average Bonchev–Trinajstić information content (AvgIpc) is 2.35. The van der Waals surface area contributed by atoms with E-state index in [0.29, 0.717) is 23.9 Å². The molecular weight excluding hydrogens is 307 g/mol. The molecule has 1 aromatic carbocycles. The fourth-order valence-electron chi connectivity index (χ4n) is 1.53. The molecule has 0 bridgehead atoms. The van der Waals surface area contributed by atoms with Crippen molar-refractivity contribution in [2.45, 2.75) is 6.10 Å². The highest BCUT2D eigenvalue weighted by atomic mass is 79.9. The maximum atomic E-state index is 11.8. The molecule has 2 rings (SSSR count). The zero-order valence-corrected chi connectivity index (χ0v) is 11.3. The molecule has 0 aromatic heterocycles. The summed E-state index contributed by atoms with van der Waals surface area (Å²) >= 11 is 9.18. The largest absolute Gasteiger partial charge is 0.366 e. The van der Waals surface area contributed by atoms with Crippen LogP contribution in [0.4, 0.5) is 5.69 Å². The van der Waals surface area contributed by atoms with Gasteiger partial charge in [-0.1, -0.05) is 11.6 Å². The SMILES string of the molecule is O=C(Nc1ccc(Cl)c(Br)c1)C1CNCCO1. The standard InChI is InChI=1S/C11H12BrClN2O2/c12-8-5-7(1-2-9(8)13)15-11(16)10-6-14-3-4-17-10/h1-2,5,10,14H,3-4,6H2,(H,15,16). The zero-order valence-electron chi connectivity index (χ0n) is 9.00. The molecule has 0 radical (unpaired) electrons. The van der Waals surface area contributed by atoms with Crippen molar-refractivity contribution in [1.29, 1.82) is 0 Å². The van der Waals surface area contributed by atoms with E-state index in [4.69, 9.17) is 16.3 Å². The van der Waals surface area contributed by atoms with Gasteiger partial charge in [-0.05, 0) is 34.1 Å². The van der Waals surface area contributed by atoms with E-state index in [1.54, 1.807) is 18.2 Å². The summed E-state index contributed by atoms with van der Waals surface area (Å²) in [7, 11) is 0.